The lowest BCUT2D eigenvalue weighted by atomic mass is 9.94. The van der Waals surface area contributed by atoms with Crippen molar-refractivity contribution in [3.8, 4) is 11.3 Å². The van der Waals surface area contributed by atoms with E-state index >= 15 is 0 Å². The molecule has 2 aromatic heterocycles. The van der Waals surface area contributed by atoms with Gasteiger partial charge in [0, 0.05) is 29.3 Å². The van der Waals surface area contributed by atoms with Crippen molar-refractivity contribution < 1.29 is 8.73 Å². The minimum atomic E-state index is -1.25. The van der Waals surface area contributed by atoms with E-state index < -0.39 is 15.7 Å². The highest BCUT2D eigenvalue weighted by Gasteiger charge is 2.26. The molecule has 0 radical (unpaired) electrons. The van der Waals surface area contributed by atoms with E-state index in [9.17, 15) is 4.21 Å². The number of nitrogens with zero attached hydrogens (tertiary/aromatic N) is 2. The molecule has 2 aromatic carbocycles. The maximum atomic E-state index is 13.0. The second kappa shape index (κ2) is 8.50. The molecule has 2 atom stereocenters. The predicted molar refractivity (Wildman–Crippen MR) is 121 cm³/mol. The fourth-order valence-electron chi connectivity index (χ4n) is 3.35. The van der Waals surface area contributed by atoms with Crippen LogP contribution in [-0.4, -0.2) is 19.1 Å². The average molecular weight is 420 g/mol. The normalized spacial score (nSPS) is 14.0. The number of para-hydroxylation sites is 1. The van der Waals surface area contributed by atoms with Crippen LogP contribution in [0.1, 0.15) is 38.1 Å². The van der Waals surface area contributed by atoms with Crippen LogP contribution < -0.4 is 4.72 Å². The number of hydrogen-bond donors (Lipinski definition) is 1. The van der Waals surface area contributed by atoms with Crippen molar-refractivity contribution in [1.29, 1.82) is 0 Å². The molecule has 6 heteroatoms. The summed E-state index contributed by atoms with van der Waals surface area (Å²) in [5.41, 5.74) is 4.44. The van der Waals surface area contributed by atoms with Crippen molar-refractivity contribution in [2.24, 2.45) is 0 Å². The van der Waals surface area contributed by atoms with Crippen LogP contribution in [0.2, 0.25) is 0 Å². The summed E-state index contributed by atoms with van der Waals surface area (Å²) in [5, 5.41) is 5.31. The zero-order valence-electron chi connectivity index (χ0n) is 17.3. The highest BCUT2D eigenvalue weighted by molar-refractivity contribution is 7.84. The number of hydrogen-bond acceptors (Lipinski definition) is 4. The topological polar surface area (TPSA) is 68.0 Å². The van der Waals surface area contributed by atoms with E-state index in [4.69, 9.17) is 4.52 Å². The standard InChI is InChI=1S/C24H25N3O2S/c1-24(2,3)30(28)27-21(16-17-10-8-9-15-25-17)18-11-4-5-12-19(18)23-20-13-6-7-14-22(20)29-26-23/h4-15,21,27H,16H2,1-3H3. The zero-order valence-corrected chi connectivity index (χ0v) is 18.1. The van der Waals surface area contributed by atoms with Crippen LogP contribution in [0.25, 0.3) is 22.2 Å². The lowest BCUT2D eigenvalue weighted by molar-refractivity contribution is 0.459. The molecule has 0 amide bonds. The Balaban J connectivity index is 1.80. The van der Waals surface area contributed by atoms with Crippen LogP contribution >= 0.6 is 0 Å². The van der Waals surface area contributed by atoms with Gasteiger partial charge in [-0.05, 0) is 50.6 Å². The van der Waals surface area contributed by atoms with Crippen molar-refractivity contribution in [2.75, 3.05) is 0 Å². The first kappa shape index (κ1) is 20.4. The van der Waals surface area contributed by atoms with Crippen molar-refractivity contribution >= 4 is 22.0 Å². The average Bonchev–Trinajstić information content (AvgIpc) is 3.17. The molecule has 5 nitrogen and oxygen atoms in total. The Bertz CT molecular complexity index is 1170. The van der Waals surface area contributed by atoms with Gasteiger partial charge in [0.25, 0.3) is 0 Å². The van der Waals surface area contributed by atoms with E-state index in [1.165, 1.54) is 0 Å². The number of fused-ring (bicyclic) bond motifs is 1. The van der Waals surface area contributed by atoms with Gasteiger partial charge in [0.2, 0.25) is 0 Å². The van der Waals surface area contributed by atoms with Gasteiger partial charge in [-0.2, -0.15) is 0 Å². The lowest BCUT2D eigenvalue weighted by Gasteiger charge is -2.25. The van der Waals surface area contributed by atoms with Gasteiger partial charge >= 0.3 is 0 Å². The summed E-state index contributed by atoms with van der Waals surface area (Å²) in [6.07, 6.45) is 2.39. The van der Waals surface area contributed by atoms with E-state index in [-0.39, 0.29) is 6.04 Å². The molecule has 4 aromatic rings. The number of benzene rings is 2. The van der Waals surface area contributed by atoms with Crippen molar-refractivity contribution in [3.05, 3.63) is 84.2 Å². The summed E-state index contributed by atoms with van der Waals surface area (Å²) in [6.45, 7) is 5.89. The van der Waals surface area contributed by atoms with Crippen LogP contribution in [-0.2, 0) is 17.4 Å². The number of rotatable bonds is 6. The molecular weight excluding hydrogens is 394 g/mol. The van der Waals surface area contributed by atoms with Crippen LogP contribution in [0.3, 0.4) is 0 Å². The molecule has 0 saturated carbocycles. The summed E-state index contributed by atoms with van der Waals surface area (Å²) >= 11 is 0. The third-order valence-electron chi connectivity index (χ3n) is 4.91. The Morgan fingerprint density at radius 3 is 2.50 bits per heavy atom. The maximum Gasteiger partial charge on any atom is 0.167 e. The quantitative estimate of drug-likeness (QED) is 0.465. The number of pyridine rings is 1. The Kier molecular flexibility index (Phi) is 5.79. The number of aromatic nitrogens is 2. The first-order valence-electron chi connectivity index (χ1n) is 9.95. The molecule has 0 saturated heterocycles. The van der Waals surface area contributed by atoms with Gasteiger partial charge in [-0.3, -0.25) is 4.98 Å². The molecule has 0 aliphatic carbocycles. The molecule has 4 rings (SSSR count). The Hall–Kier alpha value is -2.83. The summed E-state index contributed by atoms with van der Waals surface area (Å²) in [7, 11) is -1.25. The fourth-order valence-corrected chi connectivity index (χ4v) is 4.17. The van der Waals surface area contributed by atoms with Crippen molar-refractivity contribution in [2.45, 2.75) is 38.0 Å². The van der Waals surface area contributed by atoms with Gasteiger partial charge in [-0.15, -0.1) is 0 Å². The van der Waals surface area contributed by atoms with Crippen LogP contribution in [0.15, 0.2) is 77.4 Å². The smallest absolute Gasteiger partial charge is 0.167 e. The molecule has 0 fully saturated rings. The highest BCUT2D eigenvalue weighted by Crippen LogP contribution is 2.34. The van der Waals surface area contributed by atoms with E-state index in [1.54, 1.807) is 6.20 Å². The van der Waals surface area contributed by atoms with Gasteiger partial charge < -0.3 is 4.52 Å². The zero-order chi connectivity index (χ0) is 21.1. The molecule has 1 N–H and O–H groups in total. The molecule has 0 aliphatic rings. The van der Waals surface area contributed by atoms with Gasteiger partial charge in [0.1, 0.15) is 5.69 Å². The summed E-state index contributed by atoms with van der Waals surface area (Å²) in [6, 6.07) is 21.5. The third-order valence-corrected chi connectivity index (χ3v) is 6.52. The molecule has 0 bridgehead atoms. The van der Waals surface area contributed by atoms with Gasteiger partial charge in [0.05, 0.1) is 21.8 Å². The fraction of sp³-hybridized carbons (Fsp3) is 0.250. The van der Waals surface area contributed by atoms with Crippen molar-refractivity contribution in [1.82, 2.24) is 14.9 Å². The van der Waals surface area contributed by atoms with E-state index in [0.29, 0.717) is 6.42 Å². The Morgan fingerprint density at radius 1 is 1.00 bits per heavy atom. The summed E-state index contributed by atoms with van der Waals surface area (Å²) < 4.78 is 21.5. The monoisotopic (exact) mass is 419 g/mol. The van der Waals surface area contributed by atoms with Gasteiger partial charge in [-0.1, -0.05) is 47.6 Å². The molecule has 2 heterocycles. The molecule has 0 aliphatic heterocycles. The van der Waals surface area contributed by atoms with Crippen LogP contribution in [0, 0.1) is 0 Å². The molecule has 0 spiro atoms. The summed E-state index contributed by atoms with van der Waals surface area (Å²) in [5.74, 6) is 0. The largest absolute Gasteiger partial charge is 0.356 e. The number of nitrogens with one attached hydrogen (secondary N) is 1. The van der Waals surface area contributed by atoms with Crippen LogP contribution in [0.4, 0.5) is 0 Å². The first-order valence-corrected chi connectivity index (χ1v) is 11.1. The SMILES string of the molecule is CC(C)(C)S(=O)NC(Cc1ccccn1)c1ccccc1-c1noc2ccccc12. The lowest BCUT2D eigenvalue weighted by Crippen LogP contribution is -2.36. The Labute approximate surface area is 179 Å². The van der Waals surface area contributed by atoms with E-state index in [0.717, 1.165) is 33.5 Å². The molecule has 30 heavy (non-hydrogen) atoms. The minimum Gasteiger partial charge on any atom is -0.356 e. The van der Waals surface area contributed by atoms with Crippen LogP contribution in [0.5, 0.6) is 0 Å². The molecule has 154 valence electrons. The second-order valence-corrected chi connectivity index (χ2v) is 10.2. The maximum absolute atomic E-state index is 13.0. The third kappa shape index (κ3) is 4.35. The Morgan fingerprint density at radius 2 is 1.73 bits per heavy atom. The minimum absolute atomic E-state index is 0.202. The predicted octanol–water partition coefficient (Wildman–Crippen LogP) is 5.23. The van der Waals surface area contributed by atoms with E-state index in [1.807, 2.05) is 81.4 Å². The summed E-state index contributed by atoms with van der Waals surface area (Å²) in [4.78, 5) is 4.48. The van der Waals surface area contributed by atoms with Gasteiger partial charge in [0.15, 0.2) is 5.58 Å². The molecular formula is C24H25N3O2S. The van der Waals surface area contributed by atoms with E-state index in [2.05, 4.69) is 20.9 Å². The highest BCUT2D eigenvalue weighted by atomic mass is 32.2. The first-order chi connectivity index (χ1) is 14.4. The van der Waals surface area contributed by atoms with Gasteiger partial charge in [-0.25, -0.2) is 8.93 Å². The second-order valence-electron chi connectivity index (χ2n) is 8.19. The van der Waals surface area contributed by atoms with Crippen molar-refractivity contribution in [3.63, 3.8) is 0 Å². The molecule has 2 unspecified atom stereocenters.